The maximum absolute atomic E-state index is 13.9. The van der Waals surface area contributed by atoms with Gasteiger partial charge in [0.15, 0.2) is 12.1 Å². The van der Waals surface area contributed by atoms with Crippen molar-refractivity contribution in [2.45, 2.75) is 52.2 Å². The number of hydrazine groups is 1. The minimum atomic E-state index is -3.98. The number of ether oxygens (including phenoxy) is 1. The molecule has 1 aliphatic heterocycles. The van der Waals surface area contributed by atoms with Crippen LogP contribution in [0, 0.1) is 17.8 Å². The largest absolute Gasteiger partial charge is 0.350 e. The average molecular weight is 609 g/mol. The van der Waals surface area contributed by atoms with Crippen molar-refractivity contribution in [1.82, 2.24) is 15.9 Å². The Labute approximate surface area is 253 Å². The van der Waals surface area contributed by atoms with Crippen LogP contribution in [0.25, 0.3) is 17.0 Å². The molecule has 2 heterocycles. The first-order chi connectivity index (χ1) is 20.6. The van der Waals surface area contributed by atoms with E-state index in [1.54, 1.807) is 18.2 Å². The number of hydrogen-bond donors (Lipinski definition) is 2. The minimum Gasteiger partial charge on any atom is -0.350 e. The number of fused-ring (bicyclic) bond motifs is 1. The van der Waals surface area contributed by atoms with Crippen molar-refractivity contribution in [3.8, 4) is 0 Å². The zero-order valence-corrected chi connectivity index (χ0v) is 25.6. The molecule has 0 bridgehead atoms. The van der Waals surface area contributed by atoms with E-state index in [4.69, 9.17) is 9.57 Å². The van der Waals surface area contributed by atoms with E-state index < -0.39 is 40.0 Å². The third kappa shape index (κ3) is 9.34. The fourth-order valence-corrected chi connectivity index (χ4v) is 5.69. The van der Waals surface area contributed by atoms with Crippen molar-refractivity contribution in [1.29, 1.82) is 0 Å². The molecule has 1 saturated heterocycles. The molecule has 0 radical (unpaired) electrons. The van der Waals surface area contributed by atoms with Crippen molar-refractivity contribution in [2.75, 3.05) is 17.3 Å². The van der Waals surface area contributed by atoms with Gasteiger partial charge in [0.1, 0.15) is 0 Å². The molecule has 11 heteroatoms. The summed E-state index contributed by atoms with van der Waals surface area (Å²) in [6.07, 6.45) is 7.21. The summed E-state index contributed by atoms with van der Waals surface area (Å²) in [6, 6.07) is 20.2. The number of amides is 2. The topological polar surface area (TPSA) is 127 Å². The number of aromatic nitrogens is 1. The van der Waals surface area contributed by atoms with Gasteiger partial charge in [-0.15, -0.1) is 0 Å². The minimum absolute atomic E-state index is 0.0252. The molecule has 3 aromatic rings. The number of benzene rings is 2. The maximum atomic E-state index is 13.9. The highest BCUT2D eigenvalue weighted by molar-refractivity contribution is 7.92. The Bertz CT molecular complexity index is 1510. The molecule has 43 heavy (non-hydrogen) atoms. The molecule has 0 saturated carbocycles. The number of hydroxylamine groups is 1. The highest BCUT2D eigenvalue weighted by Gasteiger charge is 2.36. The van der Waals surface area contributed by atoms with Crippen LogP contribution in [-0.4, -0.2) is 44.4 Å². The van der Waals surface area contributed by atoms with E-state index in [9.17, 15) is 18.0 Å². The van der Waals surface area contributed by atoms with Crippen molar-refractivity contribution in [3.05, 3.63) is 78.4 Å². The molecular weight excluding hydrogens is 568 g/mol. The second-order valence-electron chi connectivity index (χ2n) is 11.1. The first-order valence-corrected chi connectivity index (χ1v) is 16.4. The monoisotopic (exact) mass is 608 g/mol. The Hall–Kier alpha value is -3.80. The van der Waals surface area contributed by atoms with Gasteiger partial charge in [-0.25, -0.2) is 23.7 Å². The van der Waals surface area contributed by atoms with Crippen molar-refractivity contribution in [3.63, 3.8) is 0 Å². The van der Waals surface area contributed by atoms with Crippen LogP contribution in [-0.2, 0) is 29.2 Å². The molecule has 2 amide bonds. The van der Waals surface area contributed by atoms with E-state index in [0.29, 0.717) is 25.0 Å². The zero-order chi connectivity index (χ0) is 30.8. The first kappa shape index (κ1) is 32.1. The molecule has 1 aliphatic rings. The van der Waals surface area contributed by atoms with Crippen molar-refractivity contribution >= 4 is 44.6 Å². The lowest BCUT2D eigenvalue weighted by molar-refractivity contribution is -0.203. The molecule has 2 aromatic carbocycles. The molecule has 1 aromatic heterocycles. The Morgan fingerprint density at radius 1 is 1.02 bits per heavy atom. The first-order valence-electron chi connectivity index (χ1n) is 14.6. The van der Waals surface area contributed by atoms with E-state index in [1.807, 2.05) is 68.5 Å². The maximum Gasteiger partial charge on any atom is 0.251 e. The number of rotatable bonds is 13. The SMILES string of the molecule is CC(C)C[C@@H](C(=O)NN(c1ccc2ccccc2n1)S(C)(=O)=O)[C@H](CC=Cc1ccccc1)C(=O)NOC1CCCCO1. The van der Waals surface area contributed by atoms with Crippen LogP contribution in [0.4, 0.5) is 5.82 Å². The predicted octanol–water partition coefficient (Wildman–Crippen LogP) is 4.99. The van der Waals surface area contributed by atoms with E-state index in [-0.39, 0.29) is 18.2 Å². The zero-order valence-electron chi connectivity index (χ0n) is 24.8. The number of carbonyl (C=O) groups excluding carboxylic acids is 2. The Morgan fingerprint density at radius 3 is 2.47 bits per heavy atom. The van der Waals surface area contributed by atoms with Crippen LogP contribution in [0.3, 0.4) is 0 Å². The summed E-state index contributed by atoms with van der Waals surface area (Å²) in [7, 11) is -3.98. The number of allylic oxidation sites excluding steroid dienone is 1. The van der Waals surface area contributed by atoms with Crippen LogP contribution >= 0.6 is 0 Å². The van der Waals surface area contributed by atoms with Crippen molar-refractivity contribution in [2.24, 2.45) is 17.8 Å². The van der Waals surface area contributed by atoms with Gasteiger partial charge in [-0.1, -0.05) is 74.5 Å². The molecule has 2 N–H and O–H groups in total. The standard InChI is InChI=1S/C32H40N4O6S/c1-23(2)22-27(31(37)34-36(43(3,39)40)29-20-19-25-15-7-8-17-28(25)33-29)26(16-11-14-24-12-5-4-6-13-24)32(38)35-42-30-18-9-10-21-41-30/h4-8,11-15,17,19-20,23,26-27,30H,9-10,16,18,21-22H2,1-3H3,(H,34,37)(H,35,38)/t26-,27+,30?/m0/s1. The summed E-state index contributed by atoms with van der Waals surface area (Å²) < 4.78 is 32.2. The quantitative estimate of drug-likeness (QED) is 0.262. The van der Waals surface area contributed by atoms with E-state index in [0.717, 1.165) is 34.5 Å². The van der Waals surface area contributed by atoms with E-state index in [2.05, 4.69) is 15.9 Å². The second kappa shape index (κ2) is 15.1. The number of sulfonamides is 1. The average Bonchev–Trinajstić information content (AvgIpc) is 3.00. The Morgan fingerprint density at radius 2 is 1.77 bits per heavy atom. The van der Waals surface area contributed by atoms with Gasteiger partial charge in [-0.3, -0.25) is 15.0 Å². The lowest BCUT2D eigenvalue weighted by Gasteiger charge is -2.30. The van der Waals surface area contributed by atoms with Gasteiger partial charge in [-0.05, 0) is 55.4 Å². The summed E-state index contributed by atoms with van der Waals surface area (Å²) in [5, 5.41) is 0.826. The van der Waals surface area contributed by atoms with E-state index >= 15 is 0 Å². The van der Waals surface area contributed by atoms with Gasteiger partial charge < -0.3 is 4.74 Å². The smallest absolute Gasteiger partial charge is 0.251 e. The molecule has 230 valence electrons. The third-order valence-corrected chi connectivity index (χ3v) is 8.09. The number of anilines is 1. The van der Waals surface area contributed by atoms with Crippen LogP contribution < -0.4 is 15.3 Å². The molecule has 0 spiro atoms. The number of pyridine rings is 1. The highest BCUT2D eigenvalue weighted by atomic mass is 32.2. The second-order valence-corrected chi connectivity index (χ2v) is 13.0. The number of nitrogens with one attached hydrogen (secondary N) is 2. The summed E-state index contributed by atoms with van der Waals surface area (Å²) in [5.74, 6) is -2.78. The number of para-hydroxylation sites is 1. The van der Waals surface area contributed by atoms with Crippen LogP contribution in [0.5, 0.6) is 0 Å². The van der Waals surface area contributed by atoms with Crippen LogP contribution in [0.15, 0.2) is 72.8 Å². The van der Waals surface area contributed by atoms with Crippen LogP contribution in [0.1, 0.15) is 51.5 Å². The molecular formula is C32H40N4O6S. The van der Waals surface area contributed by atoms with Gasteiger partial charge in [-0.2, -0.15) is 4.41 Å². The lowest BCUT2D eigenvalue weighted by atomic mass is 9.82. The fraction of sp³-hybridized carbons (Fsp3) is 0.406. The molecule has 3 atom stereocenters. The predicted molar refractivity (Wildman–Crippen MR) is 167 cm³/mol. The van der Waals surface area contributed by atoms with Gasteiger partial charge in [0.2, 0.25) is 11.8 Å². The summed E-state index contributed by atoms with van der Waals surface area (Å²) in [5.41, 5.74) is 6.61. The molecule has 0 aliphatic carbocycles. The Kier molecular flexibility index (Phi) is 11.3. The van der Waals surface area contributed by atoms with Gasteiger partial charge >= 0.3 is 0 Å². The van der Waals surface area contributed by atoms with Gasteiger partial charge in [0.05, 0.1) is 23.6 Å². The van der Waals surface area contributed by atoms with Crippen molar-refractivity contribution < 1.29 is 27.6 Å². The normalized spacial score (nSPS) is 17.1. The fourth-order valence-electron chi connectivity index (χ4n) is 5.00. The summed E-state index contributed by atoms with van der Waals surface area (Å²) in [6.45, 7) is 4.44. The number of carbonyl (C=O) groups is 2. The lowest BCUT2D eigenvalue weighted by Crippen LogP contribution is -2.51. The number of nitrogens with zero attached hydrogens (tertiary/aromatic N) is 2. The molecule has 1 fully saturated rings. The Balaban J connectivity index is 1.61. The molecule has 10 nitrogen and oxygen atoms in total. The number of hydrogen-bond acceptors (Lipinski definition) is 7. The molecule has 1 unspecified atom stereocenters. The highest BCUT2D eigenvalue weighted by Crippen LogP contribution is 2.27. The van der Waals surface area contributed by atoms with Gasteiger partial charge in [0, 0.05) is 18.4 Å². The van der Waals surface area contributed by atoms with Gasteiger partial charge in [0.25, 0.3) is 10.0 Å². The molecule has 4 rings (SSSR count). The third-order valence-electron chi connectivity index (χ3n) is 7.15. The van der Waals surface area contributed by atoms with Crippen LogP contribution in [0.2, 0.25) is 0 Å². The summed E-state index contributed by atoms with van der Waals surface area (Å²) >= 11 is 0. The summed E-state index contributed by atoms with van der Waals surface area (Å²) in [4.78, 5) is 37.6. The van der Waals surface area contributed by atoms with E-state index in [1.165, 1.54) is 6.07 Å².